The van der Waals surface area contributed by atoms with E-state index < -0.39 is 0 Å². The van der Waals surface area contributed by atoms with E-state index in [4.69, 9.17) is 4.74 Å². The number of rotatable bonds is 1. The Hall–Kier alpha value is -1.42. The summed E-state index contributed by atoms with van der Waals surface area (Å²) in [6.07, 6.45) is 4.07. The van der Waals surface area contributed by atoms with E-state index in [-0.39, 0.29) is 0 Å². The summed E-state index contributed by atoms with van der Waals surface area (Å²) in [7, 11) is 4.09. The lowest BCUT2D eigenvalue weighted by Crippen LogP contribution is -2.33. The summed E-state index contributed by atoms with van der Waals surface area (Å²) in [6.45, 7) is 3.83. The summed E-state index contributed by atoms with van der Waals surface area (Å²) in [5.74, 6) is 0.548. The van der Waals surface area contributed by atoms with E-state index in [1.165, 1.54) is 16.6 Å². The van der Waals surface area contributed by atoms with E-state index in [2.05, 4.69) is 34.3 Å². The Morgan fingerprint density at radius 3 is 2.88 bits per heavy atom. The first kappa shape index (κ1) is 9.78. The first-order valence-electron chi connectivity index (χ1n) is 5.56. The Balaban J connectivity index is 2.31. The lowest BCUT2D eigenvalue weighted by atomic mass is 9.97. The molecule has 0 spiro atoms. The lowest BCUT2D eigenvalue weighted by molar-refractivity contribution is -0.679. The zero-order valence-corrected chi connectivity index (χ0v) is 9.90. The van der Waals surface area contributed by atoms with Crippen LogP contribution in [0.1, 0.15) is 17.2 Å². The summed E-state index contributed by atoms with van der Waals surface area (Å²) in [5.41, 5.74) is 3.72. The largest absolute Gasteiger partial charge is 0.380 e. The van der Waals surface area contributed by atoms with Gasteiger partial charge in [-0.2, -0.15) is 0 Å². The topological polar surface area (TPSA) is 30.9 Å². The summed E-state index contributed by atoms with van der Waals surface area (Å²) < 4.78 is 9.46. The second-order valence-electron chi connectivity index (χ2n) is 4.57. The predicted molar refractivity (Wildman–Crippen MR) is 60.2 cm³/mol. The Kier molecular flexibility index (Phi) is 2.01. The van der Waals surface area contributed by atoms with Gasteiger partial charge in [0.15, 0.2) is 0 Å². The summed E-state index contributed by atoms with van der Waals surface area (Å²) in [4.78, 5) is 4.49. The molecule has 0 atom stereocenters. The number of ether oxygens (including phenoxy) is 1. The molecule has 0 amide bonds. The molecular formula is C12H16N3O+. The first-order valence-corrected chi connectivity index (χ1v) is 5.56. The number of aromatic nitrogens is 3. The summed E-state index contributed by atoms with van der Waals surface area (Å²) in [6, 6.07) is 0. The molecule has 0 bridgehead atoms. The zero-order valence-electron chi connectivity index (χ0n) is 9.90. The molecule has 0 aromatic carbocycles. The van der Waals surface area contributed by atoms with Gasteiger partial charge in [0.2, 0.25) is 0 Å². The van der Waals surface area contributed by atoms with Gasteiger partial charge in [-0.25, -0.2) is 4.57 Å². The second-order valence-corrected chi connectivity index (χ2v) is 4.57. The number of nitrogens with zero attached hydrogens (tertiary/aromatic N) is 3. The minimum absolute atomic E-state index is 0.548. The summed E-state index contributed by atoms with van der Waals surface area (Å²) >= 11 is 0. The number of hydrogen-bond donors (Lipinski definition) is 0. The fourth-order valence-electron chi connectivity index (χ4n) is 2.30. The van der Waals surface area contributed by atoms with Gasteiger partial charge in [0.05, 0.1) is 25.6 Å². The first-order chi connectivity index (χ1) is 7.68. The second kappa shape index (κ2) is 3.28. The lowest BCUT2D eigenvalue weighted by Gasteiger charge is -2.25. The van der Waals surface area contributed by atoms with Crippen LogP contribution in [0.2, 0.25) is 0 Å². The Morgan fingerprint density at radius 2 is 2.25 bits per heavy atom. The standard InChI is InChI=1S/C12H16N3O/c1-8-11-10(9-5-16-6-9)4-14(2)12(11)13-7-15(8)3/h4,7,9H,5-6H2,1-3H3/q+1. The van der Waals surface area contributed by atoms with Crippen LogP contribution in [0, 0.1) is 6.92 Å². The number of aryl methyl sites for hydroxylation is 3. The maximum atomic E-state index is 5.28. The Labute approximate surface area is 94.5 Å². The van der Waals surface area contributed by atoms with Gasteiger partial charge < -0.3 is 9.30 Å². The van der Waals surface area contributed by atoms with Crippen LogP contribution in [-0.4, -0.2) is 22.8 Å². The van der Waals surface area contributed by atoms with Crippen LogP contribution in [0.4, 0.5) is 0 Å². The molecule has 3 heterocycles. The predicted octanol–water partition coefficient (Wildman–Crippen LogP) is 0.820. The average molecular weight is 218 g/mol. The van der Waals surface area contributed by atoms with Gasteiger partial charge in [0.25, 0.3) is 12.0 Å². The molecule has 1 aliphatic rings. The van der Waals surface area contributed by atoms with Crippen LogP contribution in [-0.2, 0) is 18.8 Å². The third kappa shape index (κ3) is 1.19. The molecule has 2 aromatic heterocycles. The van der Waals surface area contributed by atoms with Crippen molar-refractivity contribution in [1.82, 2.24) is 9.55 Å². The minimum atomic E-state index is 0.548. The SMILES string of the molecule is Cc1c2c(C3COC3)cn(C)c2nc[n+]1C. The molecule has 0 unspecified atom stereocenters. The van der Waals surface area contributed by atoms with E-state index in [0.29, 0.717) is 5.92 Å². The van der Waals surface area contributed by atoms with Crippen LogP contribution in [0.15, 0.2) is 12.5 Å². The van der Waals surface area contributed by atoms with Crippen LogP contribution < -0.4 is 4.57 Å². The highest BCUT2D eigenvalue weighted by atomic mass is 16.5. The molecular weight excluding hydrogens is 202 g/mol. The molecule has 4 heteroatoms. The fourth-order valence-corrected chi connectivity index (χ4v) is 2.30. The minimum Gasteiger partial charge on any atom is -0.380 e. The van der Waals surface area contributed by atoms with Crippen molar-refractivity contribution in [3.63, 3.8) is 0 Å². The molecule has 0 N–H and O–H groups in total. The van der Waals surface area contributed by atoms with E-state index >= 15 is 0 Å². The van der Waals surface area contributed by atoms with E-state index in [9.17, 15) is 0 Å². The van der Waals surface area contributed by atoms with Gasteiger partial charge in [-0.15, -0.1) is 0 Å². The van der Waals surface area contributed by atoms with Gasteiger partial charge >= 0.3 is 0 Å². The van der Waals surface area contributed by atoms with E-state index in [1.807, 2.05) is 13.4 Å². The number of hydrogen-bond acceptors (Lipinski definition) is 2. The monoisotopic (exact) mass is 218 g/mol. The average Bonchev–Trinajstić information content (AvgIpc) is 2.48. The van der Waals surface area contributed by atoms with Crippen molar-refractivity contribution < 1.29 is 9.30 Å². The molecule has 84 valence electrons. The van der Waals surface area contributed by atoms with Crippen molar-refractivity contribution in [2.24, 2.45) is 14.1 Å². The zero-order chi connectivity index (χ0) is 11.3. The van der Waals surface area contributed by atoms with Crippen molar-refractivity contribution in [3.05, 3.63) is 23.8 Å². The third-order valence-corrected chi connectivity index (χ3v) is 3.50. The van der Waals surface area contributed by atoms with Gasteiger partial charge in [-0.3, -0.25) is 0 Å². The van der Waals surface area contributed by atoms with Gasteiger partial charge in [-0.05, 0) is 17.5 Å². The molecule has 1 saturated heterocycles. The smallest absolute Gasteiger partial charge is 0.288 e. The molecule has 1 aliphatic heterocycles. The maximum Gasteiger partial charge on any atom is 0.288 e. The maximum absolute atomic E-state index is 5.28. The van der Waals surface area contributed by atoms with Crippen LogP contribution in [0.3, 0.4) is 0 Å². The molecule has 1 fully saturated rings. The van der Waals surface area contributed by atoms with Crippen molar-refractivity contribution >= 4 is 11.0 Å². The van der Waals surface area contributed by atoms with Crippen molar-refractivity contribution in [1.29, 1.82) is 0 Å². The van der Waals surface area contributed by atoms with E-state index in [1.54, 1.807) is 0 Å². The Morgan fingerprint density at radius 1 is 1.50 bits per heavy atom. The van der Waals surface area contributed by atoms with Gasteiger partial charge in [-0.1, -0.05) is 0 Å². The summed E-state index contributed by atoms with van der Waals surface area (Å²) in [5, 5.41) is 1.29. The molecule has 2 aromatic rings. The molecule has 16 heavy (non-hydrogen) atoms. The number of fused-ring (bicyclic) bond motifs is 1. The van der Waals surface area contributed by atoms with E-state index in [0.717, 1.165) is 18.9 Å². The van der Waals surface area contributed by atoms with Crippen LogP contribution in [0.25, 0.3) is 11.0 Å². The highest BCUT2D eigenvalue weighted by Crippen LogP contribution is 2.31. The quantitative estimate of drug-likeness (QED) is 0.663. The van der Waals surface area contributed by atoms with Crippen molar-refractivity contribution in [2.45, 2.75) is 12.8 Å². The van der Waals surface area contributed by atoms with Crippen LogP contribution in [0.5, 0.6) is 0 Å². The molecule has 0 saturated carbocycles. The highest BCUT2D eigenvalue weighted by molar-refractivity contribution is 5.82. The van der Waals surface area contributed by atoms with Gasteiger partial charge in [0, 0.05) is 19.2 Å². The van der Waals surface area contributed by atoms with Gasteiger partial charge in [0.1, 0.15) is 5.69 Å². The normalized spacial score (nSPS) is 16.7. The third-order valence-electron chi connectivity index (χ3n) is 3.50. The highest BCUT2D eigenvalue weighted by Gasteiger charge is 2.27. The molecule has 0 aliphatic carbocycles. The molecule has 0 radical (unpaired) electrons. The molecule has 3 rings (SSSR count). The van der Waals surface area contributed by atoms with Crippen molar-refractivity contribution in [3.8, 4) is 0 Å². The fraction of sp³-hybridized carbons (Fsp3) is 0.500. The van der Waals surface area contributed by atoms with Crippen LogP contribution >= 0.6 is 0 Å². The molecule has 4 nitrogen and oxygen atoms in total. The Bertz CT molecular complexity index is 555. The van der Waals surface area contributed by atoms with Crippen molar-refractivity contribution in [2.75, 3.05) is 13.2 Å².